The Kier molecular flexibility index (Phi) is 8.26. The lowest BCUT2D eigenvalue weighted by atomic mass is 10.0. The lowest BCUT2D eigenvalue weighted by Gasteiger charge is -2.23. The molecule has 2 amide bonds. The van der Waals surface area contributed by atoms with E-state index in [0.717, 1.165) is 0 Å². The summed E-state index contributed by atoms with van der Waals surface area (Å²) in [5.41, 5.74) is 0.500. The van der Waals surface area contributed by atoms with Crippen molar-refractivity contribution in [3.8, 4) is 5.75 Å². The van der Waals surface area contributed by atoms with E-state index in [0.29, 0.717) is 24.5 Å². The molecule has 6 nitrogen and oxygen atoms in total. The Hall–Kier alpha value is -2.08. The third kappa shape index (κ3) is 6.20. The molecule has 0 aliphatic heterocycles. The molecule has 0 aromatic heterocycles. The fourth-order valence-corrected chi connectivity index (χ4v) is 2.09. The molecule has 2 unspecified atom stereocenters. The van der Waals surface area contributed by atoms with Crippen LogP contribution in [-0.2, 0) is 4.79 Å². The molecule has 0 aliphatic rings. The summed E-state index contributed by atoms with van der Waals surface area (Å²) in [6, 6.07) is 6.48. The Morgan fingerprint density at radius 2 is 1.75 bits per heavy atom. The maximum Gasteiger partial charge on any atom is 0.251 e. The van der Waals surface area contributed by atoms with Crippen LogP contribution in [0.15, 0.2) is 24.3 Å². The highest BCUT2D eigenvalue weighted by atomic mass is 16.5. The highest BCUT2D eigenvalue weighted by molar-refractivity contribution is 5.97. The van der Waals surface area contributed by atoms with Crippen molar-refractivity contribution in [2.75, 3.05) is 20.2 Å². The lowest BCUT2D eigenvalue weighted by molar-refractivity contribution is -0.124. The van der Waals surface area contributed by atoms with Gasteiger partial charge in [-0.3, -0.25) is 9.59 Å². The Morgan fingerprint density at radius 1 is 1.12 bits per heavy atom. The molecule has 134 valence electrons. The van der Waals surface area contributed by atoms with E-state index in [9.17, 15) is 9.59 Å². The third-order valence-electron chi connectivity index (χ3n) is 3.74. The van der Waals surface area contributed by atoms with Crippen molar-refractivity contribution in [1.29, 1.82) is 0 Å². The highest BCUT2D eigenvalue weighted by Gasteiger charge is 2.24. The Bertz CT molecular complexity index is 529. The average Bonchev–Trinajstić information content (AvgIpc) is 2.57. The quantitative estimate of drug-likeness (QED) is 0.640. The molecule has 0 saturated heterocycles. The van der Waals surface area contributed by atoms with Gasteiger partial charge < -0.3 is 20.7 Å². The van der Waals surface area contributed by atoms with E-state index in [2.05, 4.69) is 16.0 Å². The topological polar surface area (TPSA) is 79.5 Å². The largest absolute Gasteiger partial charge is 0.494 e. The number of benzene rings is 1. The van der Waals surface area contributed by atoms with Crippen LogP contribution in [0.4, 0.5) is 0 Å². The van der Waals surface area contributed by atoms with Gasteiger partial charge in [0.2, 0.25) is 5.91 Å². The first-order valence-corrected chi connectivity index (χ1v) is 8.37. The number of nitrogens with one attached hydrogen (secondary N) is 3. The summed E-state index contributed by atoms with van der Waals surface area (Å²) < 4.78 is 5.36. The van der Waals surface area contributed by atoms with Gasteiger partial charge in [0.1, 0.15) is 11.8 Å². The van der Waals surface area contributed by atoms with E-state index in [1.807, 2.05) is 34.7 Å². The maximum atomic E-state index is 12.4. The zero-order chi connectivity index (χ0) is 18.1. The van der Waals surface area contributed by atoms with Crippen molar-refractivity contribution in [1.82, 2.24) is 16.0 Å². The SMILES string of the molecule is CCOc1ccc(C(=O)NC(C(=O)NCC(C)NC)C(C)C)cc1. The molecule has 0 radical (unpaired) electrons. The fraction of sp³-hybridized carbons (Fsp3) is 0.556. The van der Waals surface area contributed by atoms with Gasteiger partial charge in [0.25, 0.3) is 5.91 Å². The standard InChI is InChI=1S/C18H29N3O3/c1-6-24-15-9-7-14(8-10-15)17(22)21-16(12(2)3)18(23)20-11-13(4)19-5/h7-10,12-13,16,19H,6,11H2,1-5H3,(H,20,23)(H,21,22). The summed E-state index contributed by atoms with van der Waals surface area (Å²) >= 11 is 0. The number of likely N-dealkylation sites (N-methyl/N-ethyl adjacent to an activating group) is 1. The van der Waals surface area contributed by atoms with E-state index in [1.165, 1.54) is 0 Å². The first-order chi connectivity index (χ1) is 11.4. The van der Waals surface area contributed by atoms with Gasteiger partial charge in [-0.05, 0) is 51.1 Å². The van der Waals surface area contributed by atoms with Gasteiger partial charge in [-0.25, -0.2) is 0 Å². The van der Waals surface area contributed by atoms with Crippen LogP contribution in [-0.4, -0.2) is 44.1 Å². The number of amides is 2. The molecule has 24 heavy (non-hydrogen) atoms. The number of rotatable bonds is 9. The zero-order valence-corrected chi connectivity index (χ0v) is 15.2. The Labute approximate surface area is 144 Å². The monoisotopic (exact) mass is 335 g/mol. The number of carbonyl (C=O) groups is 2. The number of carbonyl (C=O) groups excluding carboxylic acids is 2. The van der Waals surface area contributed by atoms with Crippen LogP contribution in [0.3, 0.4) is 0 Å². The summed E-state index contributed by atoms with van der Waals surface area (Å²) in [6.07, 6.45) is 0. The lowest BCUT2D eigenvalue weighted by Crippen LogP contribution is -2.51. The number of hydrogen-bond donors (Lipinski definition) is 3. The molecule has 2 atom stereocenters. The molecule has 6 heteroatoms. The predicted molar refractivity (Wildman–Crippen MR) is 95.2 cm³/mol. The first kappa shape index (κ1) is 20.0. The highest BCUT2D eigenvalue weighted by Crippen LogP contribution is 2.13. The van der Waals surface area contributed by atoms with Crippen molar-refractivity contribution in [3.05, 3.63) is 29.8 Å². The van der Waals surface area contributed by atoms with Gasteiger partial charge in [-0.2, -0.15) is 0 Å². The van der Waals surface area contributed by atoms with E-state index < -0.39 is 6.04 Å². The number of ether oxygens (including phenoxy) is 1. The molecule has 1 aromatic rings. The summed E-state index contributed by atoms with van der Waals surface area (Å²) in [5.74, 6) is 0.259. The van der Waals surface area contributed by atoms with Crippen LogP contribution >= 0.6 is 0 Å². The van der Waals surface area contributed by atoms with Crippen molar-refractivity contribution in [2.45, 2.75) is 39.8 Å². The van der Waals surface area contributed by atoms with Crippen LogP contribution in [0.1, 0.15) is 38.1 Å². The van der Waals surface area contributed by atoms with Gasteiger partial charge in [0.05, 0.1) is 6.61 Å². The average molecular weight is 335 g/mol. The first-order valence-electron chi connectivity index (χ1n) is 8.37. The van der Waals surface area contributed by atoms with Crippen LogP contribution in [0, 0.1) is 5.92 Å². The minimum atomic E-state index is -0.576. The fourth-order valence-electron chi connectivity index (χ4n) is 2.09. The van der Waals surface area contributed by atoms with Crippen LogP contribution < -0.4 is 20.7 Å². The smallest absolute Gasteiger partial charge is 0.251 e. The second-order valence-corrected chi connectivity index (χ2v) is 6.09. The normalized spacial score (nSPS) is 13.2. The molecule has 1 aromatic carbocycles. The van der Waals surface area contributed by atoms with Crippen LogP contribution in [0.5, 0.6) is 5.75 Å². The van der Waals surface area contributed by atoms with Gasteiger partial charge in [0, 0.05) is 18.2 Å². The van der Waals surface area contributed by atoms with Crippen molar-refractivity contribution < 1.29 is 14.3 Å². The Morgan fingerprint density at radius 3 is 2.25 bits per heavy atom. The maximum absolute atomic E-state index is 12.4. The van der Waals surface area contributed by atoms with E-state index in [4.69, 9.17) is 4.74 Å². The molecule has 0 aliphatic carbocycles. The van der Waals surface area contributed by atoms with Gasteiger partial charge >= 0.3 is 0 Å². The molecule has 3 N–H and O–H groups in total. The van der Waals surface area contributed by atoms with Gasteiger partial charge in [0.15, 0.2) is 0 Å². The number of hydrogen-bond acceptors (Lipinski definition) is 4. The van der Waals surface area contributed by atoms with E-state index in [1.54, 1.807) is 24.3 Å². The predicted octanol–water partition coefficient (Wildman–Crippen LogP) is 1.56. The molecule has 0 spiro atoms. The molecular weight excluding hydrogens is 306 g/mol. The second-order valence-electron chi connectivity index (χ2n) is 6.09. The molecule has 1 rings (SSSR count). The van der Waals surface area contributed by atoms with Crippen LogP contribution in [0.2, 0.25) is 0 Å². The minimum Gasteiger partial charge on any atom is -0.494 e. The van der Waals surface area contributed by atoms with Crippen LogP contribution in [0.25, 0.3) is 0 Å². The summed E-state index contributed by atoms with van der Waals surface area (Å²) in [6.45, 7) is 8.78. The molecule has 0 bridgehead atoms. The van der Waals surface area contributed by atoms with Gasteiger partial charge in [-0.1, -0.05) is 13.8 Å². The molecule has 0 fully saturated rings. The van der Waals surface area contributed by atoms with Crippen molar-refractivity contribution in [3.63, 3.8) is 0 Å². The van der Waals surface area contributed by atoms with Gasteiger partial charge in [-0.15, -0.1) is 0 Å². The van der Waals surface area contributed by atoms with Crippen molar-refractivity contribution >= 4 is 11.8 Å². The molecule has 0 saturated carbocycles. The molecule has 0 heterocycles. The van der Waals surface area contributed by atoms with Crippen molar-refractivity contribution in [2.24, 2.45) is 5.92 Å². The van der Waals surface area contributed by atoms with E-state index in [-0.39, 0.29) is 23.8 Å². The zero-order valence-electron chi connectivity index (χ0n) is 15.2. The summed E-state index contributed by atoms with van der Waals surface area (Å²) in [5, 5.41) is 8.73. The second kappa shape index (κ2) is 9.93. The summed E-state index contributed by atoms with van der Waals surface area (Å²) in [7, 11) is 1.84. The third-order valence-corrected chi connectivity index (χ3v) is 3.74. The summed E-state index contributed by atoms with van der Waals surface area (Å²) in [4.78, 5) is 24.7. The minimum absolute atomic E-state index is 0.0125. The van der Waals surface area contributed by atoms with E-state index >= 15 is 0 Å². The Balaban J connectivity index is 2.69. The molecular formula is C18H29N3O3.